The highest BCUT2D eigenvalue weighted by atomic mass is 16.2. The maximum atomic E-state index is 12.9. The molecule has 2 atom stereocenters. The first-order valence-corrected chi connectivity index (χ1v) is 8.46. The number of fused-ring (bicyclic) bond motifs is 1. The molecule has 1 saturated heterocycles. The number of carbonyl (C=O) groups excluding carboxylic acids is 1. The lowest BCUT2D eigenvalue weighted by Crippen LogP contribution is -2.44. The fourth-order valence-electron chi connectivity index (χ4n) is 4.02. The number of amides is 1. The molecule has 1 saturated carbocycles. The molecule has 0 unspecified atom stereocenters. The minimum Gasteiger partial charge on any atom is -0.315 e. The van der Waals surface area contributed by atoms with Crippen LogP contribution in [-0.4, -0.2) is 29.2 Å². The van der Waals surface area contributed by atoms with Crippen LogP contribution in [0.4, 0.5) is 5.82 Å². The average Bonchev–Trinajstić information content (AvgIpc) is 3.04. The summed E-state index contributed by atoms with van der Waals surface area (Å²) in [6.45, 7) is 8.37. The first-order valence-electron chi connectivity index (χ1n) is 8.46. The Kier molecular flexibility index (Phi) is 4.02. The van der Waals surface area contributed by atoms with Crippen LogP contribution in [0.15, 0.2) is 6.07 Å². The van der Waals surface area contributed by atoms with Gasteiger partial charge in [0.1, 0.15) is 0 Å². The summed E-state index contributed by atoms with van der Waals surface area (Å²) >= 11 is 0. The van der Waals surface area contributed by atoms with E-state index in [2.05, 4.69) is 41.6 Å². The molecule has 2 heterocycles. The number of aromatic amines is 1. The zero-order valence-electron chi connectivity index (χ0n) is 14.0. The maximum absolute atomic E-state index is 12.9. The van der Waals surface area contributed by atoms with Crippen molar-refractivity contribution in [3.8, 4) is 0 Å². The van der Waals surface area contributed by atoms with Crippen LogP contribution in [-0.2, 0) is 11.2 Å². The SMILES string of the molecule is CC(C)(C)Cc1cc(NC(=O)[C@@]23CCCC[C@H]2CNC3)n[nH]1. The second kappa shape index (κ2) is 5.69. The van der Waals surface area contributed by atoms with E-state index < -0.39 is 0 Å². The van der Waals surface area contributed by atoms with Crippen molar-refractivity contribution < 1.29 is 4.79 Å². The Morgan fingerprint density at radius 1 is 1.45 bits per heavy atom. The van der Waals surface area contributed by atoms with Crippen LogP contribution in [0, 0.1) is 16.7 Å². The number of hydrogen-bond acceptors (Lipinski definition) is 3. The van der Waals surface area contributed by atoms with E-state index in [1.54, 1.807) is 0 Å². The average molecular weight is 304 g/mol. The van der Waals surface area contributed by atoms with Crippen LogP contribution >= 0.6 is 0 Å². The molecule has 1 amide bonds. The van der Waals surface area contributed by atoms with Crippen molar-refractivity contribution in [2.24, 2.45) is 16.7 Å². The summed E-state index contributed by atoms with van der Waals surface area (Å²) in [5.41, 5.74) is 1.06. The number of anilines is 1. The Morgan fingerprint density at radius 2 is 2.27 bits per heavy atom. The second-order valence-corrected chi connectivity index (χ2v) is 8.20. The molecule has 3 rings (SSSR count). The summed E-state index contributed by atoms with van der Waals surface area (Å²) < 4.78 is 0. The van der Waals surface area contributed by atoms with E-state index in [1.807, 2.05) is 6.07 Å². The van der Waals surface area contributed by atoms with E-state index in [1.165, 1.54) is 6.42 Å². The van der Waals surface area contributed by atoms with Crippen LogP contribution in [0.2, 0.25) is 0 Å². The molecule has 5 nitrogen and oxygen atoms in total. The van der Waals surface area contributed by atoms with Crippen molar-refractivity contribution in [1.29, 1.82) is 0 Å². The molecule has 0 aromatic carbocycles. The lowest BCUT2D eigenvalue weighted by atomic mass is 9.67. The fraction of sp³-hybridized carbons (Fsp3) is 0.765. The Hall–Kier alpha value is -1.36. The van der Waals surface area contributed by atoms with Crippen LogP contribution in [0.1, 0.15) is 52.1 Å². The summed E-state index contributed by atoms with van der Waals surface area (Å²) in [7, 11) is 0. The largest absolute Gasteiger partial charge is 0.315 e. The normalized spacial score (nSPS) is 28.4. The van der Waals surface area contributed by atoms with Gasteiger partial charge >= 0.3 is 0 Å². The third-order valence-corrected chi connectivity index (χ3v) is 5.08. The molecular formula is C17H28N4O. The van der Waals surface area contributed by atoms with Gasteiger partial charge in [-0.25, -0.2) is 0 Å². The molecule has 0 spiro atoms. The number of nitrogens with zero attached hydrogens (tertiary/aromatic N) is 1. The minimum absolute atomic E-state index is 0.149. The molecule has 1 aromatic rings. The number of rotatable bonds is 3. The van der Waals surface area contributed by atoms with Gasteiger partial charge in [-0.05, 0) is 37.1 Å². The number of carbonyl (C=O) groups is 1. The van der Waals surface area contributed by atoms with E-state index in [0.717, 1.165) is 44.5 Å². The molecule has 122 valence electrons. The van der Waals surface area contributed by atoms with Gasteiger partial charge in [-0.2, -0.15) is 5.10 Å². The van der Waals surface area contributed by atoms with Gasteiger partial charge in [-0.3, -0.25) is 9.89 Å². The molecule has 3 N–H and O–H groups in total. The predicted octanol–water partition coefficient (Wildman–Crippen LogP) is 2.72. The molecule has 2 fully saturated rings. The summed E-state index contributed by atoms with van der Waals surface area (Å²) in [6, 6.07) is 1.97. The molecule has 22 heavy (non-hydrogen) atoms. The molecular weight excluding hydrogens is 276 g/mol. The minimum atomic E-state index is -0.221. The summed E-state index contributed by atoms with van der Waals surface area (Å²) in [5.74, 6) is 1.29. The number of H-pyrrole nitrogens is 1. The Labute approximate surface area is 132 Å². The topological polar surface area (TPSA) is 69.8 Å². The van der Waals surface area contributed by atoms with Gasteiger partial charge in [0, 0.05) is 18.3 Å². The third kappa shape index (κ3) is 3.05. The first-order chi connectivity index (χ1) is 10.4. The van der Waals surface area contributed by atoms with Gasteiger partial charge in [0.05, 0.1) is 5.41 Å². The van der Waals surface area contributed by atoms with Crippen LogP contribution in [0.3, 0.4) is 0 Å². The van der Waals surface area contributed by atoms with Crippen LogP contribution in [0.5, 0.6) is 0 Å². The Morgan fingerprint density at radius 3 is 3.05 bits per heavy atom. The van der Waals surface area contributed by atoms with Crippen LogP contribution < -0.4 is 10.6 Å². The lowest BCUT2D eigenvalue weighted by molar-refractivity contribution is -0.128. The Bertz CT molecular complexity index is 545. The molecule has 2 aliphatic rings. The van der Waals surface area contributed by atoms with Gasteiger partial charge in [-0.15, -0.1) is 0 Å². The van der Waals surface area contributed by atoms with Gasteiger partial charge < -0.3 is 10.6 Å². The molecule has 5 heteroatoms. The van der Waals surface area contributed by atoms with Crippen molar-refractivity contribution in [2.45, 2.75) is 52.9 Å². The maximum Gasteiger partial charge on any atom is 0.233 e. The van der Waals surface area contributed by atoms with Crippen molar-refractivity contribution in [3.63, 3.8) is 0 Å². The Balaban J connectivity index is 1.69. The number of aromatic nitrogens is 2. The molecule has 1 aromatic heterocycles. The van der Waals surface area contributed by atoms with Crippen molar-refractivity contribution >= 4 is 11.7 Å². The zero-order chi connectivity index (χ0) is 15.8. The predicted molar refractivity (Wildman–Crippen MR) is 87.6 cm³/mol. The van der Waals surface area contributed by atoms with Gasteiger partial charge in [0.15, 0.2) is 5.82 Å². The van der Waals surface area contributed by atoms with Crippen molar-refractivity contribution in [1.82, 2.24) is 15.5 Å². The molecule has 0 bridgehead atoms. The zero-order valence-corrected chi connectivity index (χ0v) is 14.0. The molecule has 1 aliphatic carbocycles. The number of hydrogen-bond donors (Lipinski definition) is 3. The standard InChI is InChI=1S/C17H28N4O/c1-16(2,3)9-13-8-14(21-20-13)19-15(22)17-7-5-4-6-12(17)10-18-11-17/h8,12,18H,4-7,9-11H2,1-3H3,(H2,19,20,21,22)/t12-,17+/m0/s1. The van der Waals surface area contributed by atoms with E-state index in [4.69, 9.17) is 0 Å². The van der Waals surface area contributed by atoms with Crippen molar-refractivity contribution in [2.75, 3.05) is 18.4 Å². The quantitative estimate of drug-likeness (QED) is 0.804. The highest BCUT2D eigenvalue weighted by molar-refractivity contribution is 5.95. The van der Waals surface area contributed by atoms with Gasteiger partial charge in [-0.1, -0.05) is 33.6 Å². The van der Waals surface area contributed by atoms with Gasteiger partial charge in [0.2, 0.25) is 5.91 Å². The fourth-order valence-corrected chi connectivity index (χ4v) is 4.02. The molecule has 1 aliphatic heterocycles. The van der Waals surface area contributed by atoms with Crippen molar-refractivity contribution in [3.05, 3.63) is 11.8 Å². The summed E-state index contributed by atoms with van der Waals surface area (Å²) in [6.07, 6.45) is 5.48. The monoisotopic (exact) mass is 304 g/mol. The van der Waals surface area contributed by atoms with Crippen LogP contribution in [0.25, 0.3) is 0 Å². The molecule has 0 radical (unpaired) electrons. The first kappa shape index (κ1) is 15.5. The van der Waals surface area contributed by atoms with Gasteiger partial charge in [0.25, 0.3) is 0 Å². The summed E-state index contributed by atoms with van der Waals surface area (Å²) in [5, 5.41) is 13.8. The van der Waals surface area contributed by atoms with E-state index >= 15 is 0 Å². The highest BCUT2D eigenvalue weighted by Crippen LogP contribution is 2.44. The second-order valence-electron chi connectivity index (χ2n) is 8.20. The van der Waals surface area contributed by atoms with E-state index in [-0.39, 0.29) is 16.7 Å². The smallest absolute Gasteiger partial charge is 0.233 e. The highest BCUT2D eigenvalue weighted by Gasteiger charge is 2.49. The van der Waals surface area contributed by atoms with E-state index in [0.29, 0.717) is 11.7 Å². The van der Waals surface area contributed by atoms with E-state index in [9.17, 15) is 4.79 Å². The third-order valence-electron chi connectivity index (χ3n) is 5.08. The lowest BCUT2D eigenvalue weighted by Gasteiger charge is -2.36. The summed E-state index contributed by atoms with van der Waals surface area (Å²) in [4.78, 5) is 12.9. The number of nitrogens with one attached hydrogen (secondary N) is 3.